The molecule has 0 aromatic heterocycles. The number of rotatable bonds is 8. The van der Waals surface area contributed by atoms with Crippen LogP contribution in [0.4, 0.5) is 4.79 Å². The minimum Gasteiger partial charge on any atom is -0.481 e. The summed E-state index contributed by atoms with van der Waals surface area (Å²) in [7, 11) is 0. The first kappa shape index (κ1) is 35.4. The van der Waals surface area contributed by atoms with Crippen LogP contribution in [0.1, 0.15) is 139 Å². The maximum atomic E-state index is 13.8. The van der Waals surface area contributed by atoms with Gasteiger partial charge in [0, 0.05) is 11.8 Å². The molecule has 8 atom stereocenters. The maximum absolute atomic E-state index is 13.8. The molecule has 8 heteroatoms. The SMILES string of the molecule is CC(C)C1=C2C3CCC4[C@@]5(C)CC[C@H](OC(=O)CC(C)(C)C(=O)O)C(C)(C)C5CC[C@@]4(C)[C@]3(C)CC[C@@]2(NC(=O)OCC2CC2)CC1=O. The number of ketones is 1. The Morgan fingerprint density at radius 2 is 1.58 bits per heavy atom. The number of carbonyl (C=O) groups is 4. The number of fused-ring (bicyclic) bond motifs is 7. The predicted octanol–water partition coefficient (Wildman–Crippen LogP) is 8.27. The van der Waals surface area contributed by atoms with Gasteiger partial charge in [-0.25, -0.2) is 4.79 Å². The molecule has 48 heavy (non-hydrogen) atoms. The molecular formula is C40H61NO7. The number of ether oxygens (including phenoxy) is 2. The lowest BCUT2D eigenvalue weighted by molar-refractivity contribution is -0.232. The maximum Gasteiger partial charge on any atom is 0.407 e. The van der Waals surface area contributed by atoms with Gasteiger partial charge in [0.25, 0.3) is 0 Å². The smallest absolute Gasteiger partial charge is 0.407 e. The van der Waals surface area contributed by atoms with E-state index in [9.17, 15) is 24.3 Å². The molecule has 0 aromatic carbocycles. The highest BCUT2D eigenvalue weighted by Crippen LogP contribution is 2.76. The quantitative estimate of drug-likeness (QED) is 0.250. The van der Waals surface area contributed by atoms with Gasteiger partial charge in [-0.3, -0.25) is 14.4 Å². The summed E-state index contributed by atoms with van der Waals surface area (Å²) in [5.41, 5.74) is 0.196. The number of carboxylic acid groups (broad SMARTS) is 1. The Bertz CT molecular complexity index is 1410. The molecule has 1 amide bonds. The number of carbonyl (C=O) groups excluding carboxylic acids is 3. The Morgan fingerprint density at radius 3 is 2.21 bits per heavy atom. The van der Waals surface area contributed by atoms with Gasteiger partial charge >= 0.3 is 18.0 Å². The Hall–Kier alpha value is -2.38. The van der Waals surface area contributed by atoms with Crippen LogP contribution in [0.15, 0.2) is 11.1 Å². The lowest BCUT2D eigenvalue weighted by Gasteiger charge is -2.72. The van der Waals surface area contributed by atoms with Gasteiger partial charge in [-0.15, -0.1) is 0 Å². The molecule has 5 saturated carbocycles. The van der Waals surface area contributed by atoms with Crippen LogP contribution in [0.2, 0.25) is 0 Å². The number of esters is 1. The molecule has 3 unspecified atom stereocenters. The van der Waals surface area contributed by atoms with Crippen LogP contribution in [0, 0.1) is 56.7 Å². The fourth-order valence-corrected chi connectivity index (χ4v) is 12.3. The number of alkyl carbamates (subject to hydrolysis) is 1. The molecule has 0 saturated heterocycles. The van der Waals surface area contributed by atoms with Crippen molar-refractivity contribution in [3.63, 3.8) is 0 Å². The van der Waals surface area contributed by atoms with Crippen LogP contribution < -0.4 is 5.32 Å². The van der Waals surface area contributed by atoms with Crippen molar-refractivity contribution in [1.82, 2.24) is 5.32 Å². The number of allylic oxidation sites excluding steroid dienone is 1. The molecule has 0 bridgehead atoms. The number of aliphatic carboxylic acids is 1. The highest BCUT2D eigenvalue weighted by molar-refractivity contribution is 6.02. The molecule has 0 aliphatic heterocycles. The third-order valence-corrected chi connectivity index (χ3v) is 15.3. The van der Waals surface area contributed by atoms with Crippen molar-refractivity contribution in [3.8, 4) is 0 Å². The molecule has 0 radical (unpaired) electrons. The third-order valence-electron chi connectivity index (χ3n) is 15.3. The molecule has 0 aromatic rings. The summed E-state index contributed by atoms with van der Waals surface area (Å²) in [6.45, 7) is 19.9. The Balaban J connectivity index is 1.27. The molecule has 6 aliphatic carbocycles. The summed E-state index contributed by atoms with van der Waals surface area (Å²) in [5.74, 6) is 0.431. The van der Waals surface area contributed by atoms with E-state index in [1.165, 1.54) is 5.57 Å². The van der Waals surface area contributed by atoms with Crippen LogP contribution in [0.5, 0.6) is 0 Å². The number of carboxylic acids is 1. The molecule has 8 nitrogen and oxygen atoms in total. The van der Waals surface area contributed by atoms with Crippen LogP contribution in [-0.2, 0) is 23.9 Å². The van der Waals surface area contributed by atoms with Crippen LogP contribution >= 0.6 is 0 Å². The van der Waals surface area contributed by atoms with Crippen LogP contribution in [-0.4, -0.2) is 47.2 Å². The summed E-state index contributed by atoms with van der Waals surface area (Å²) in [4.78, 5) is 51.7. The van der Waals surface area contributed by atoms with Crippen molar-refractivity contribution in [2.75, 3.05) is 6.61 Å². The highest BCUT2D eigenvalue weighted by atomic mass is 16.6. The summed E-state index contributed by atoms with van der Waals surface area (Å²) in [5, 5.41) is 12.9. The Kier molecular flexibility index (Phi) is 8.55. The molecule has 2 N–H and O–H groups in total. The molecule has 268 valence electrons. The minimum absolute atomic E-state index is 0.0248. The molecule has 6 aliphatic rings. The van der Waals surface area contributed by atoms with E-state index in [4.69, 9.17) is 9.47 Å². The van der Waals surface area contributed by atoms with E-state index in [1.54, 1.807) is 13.8 Å². The summed E-state index contributed by atoms with van der Waals surface area (Å²) < 4.78 is 11.8. The van der Waals surface area contributed by atoms with E-state index >= 15 is 0 Å². The summed E-state index contributed by atoms with van der Waals surface area (Å²) in [6, 6.07) is 0. The normalized spacial score (nSPS) is 40.3. The zero-order valence-corrected chi connectivity index (χ0v) is 31.1. The van der Waals surface area contributed by atoms with E-state index in [2.05, 4.69) is 53.8 Å². The van der Waals surface area contributed by atoms with E-state index in [0.717, 1.165) is 69.8 Å². The van der Waals surface area contributed by atoms with Gasteiger partial charge in [0.15, 0.2) is 5.78 Å². The van der Waals surface area contributed by atoms with Gasteiger partial charge in [-0.2, -0.15) is 0 Å². The standard InChI is InChI=1S/C40H61NO7/c1-23(2)31-26(42)20-40(41-34(46)47-22-24-10-11-24)19-18-38(8)25(32(31)40)12-13-28-37(7)16-15-29(48-30(43)21-35(3,4)33(44)45)36(5,6)27(37)14-17-39(28,38)9/h23-25,27-29H,10-22H2,1-9H3,(H,41,46)(H,44,45)/t25?,27?,28?,29-,37-,38+,39+,40+/m0/s1. The van der Waals surface area contributed by atoms with Crippen molar-refractivity contribution < 1.29 is 33.8 Å². The second-order valence-electron chi connectivity index (χ2n) is 19.1. The van der Waals surface area contributed by atoms with E-state index < -0.39 is 22.9 Å². The number of Topliss-reactive ketones (excluding diaryl/α,β-unsaturated/α-hetero) is 1. The van der Waals surface area contributed by atoms with E-state index in [1.807, 2.05) is 0 Å². The number of hydrogen-bond donors (Lipinski definition) is 2. The van der Waals surface area contributed by atoms with Gasteiger partial charge < -0.3 is 19.9 Å². The molecule has 5 fully saturated rings. The topological polar surface area (TPSA) is 119 Å². The lowest BCUT2D eigenvalue weighted by Crippen LogP contribution is -2.67. The first-order chi connectivity index (χ1) is 22.2. The Morgan fingerprint density at radius 1 is 0.896 bits per heavy atom. The second-order valence-corrected chi connectivity index (χ2v) is 19.1. The van der Waals surface area contributed by atoms with Crippen molar-refractivity contribution in [2.45, 2.75) is 151 Å². The minimum atomic E-state index is -1.16. The average Bonchev–Trinajstić information content (AvgIpc) is 3.75. The first-order valence-electron chi connectivity index (χ1n) is 18.9. The van der Waals surface area contributed by atoms with Crippen molar-refractivity contribution >= 4 is 23.8 Å². The summed E-state index contributed by atoms with van der Waals surface area (Å²) in [6.07, 6.45) is 9.48. The third kappa shape index (κ3) is 5.36. The van der Waals surface area contributed by atoms with Gasteiger partial charge in [0.1, 0.15) is 6.10 Å². The monoisotopic (exact) mass is 667 g/mol. The summed E-state index contributed by atoms with van der Waals surface area (Å²) >= 11 is 0. The fraction of sp³-hybridized carbons (Fsp3) is 0.850. The fourth-order valence-electron chi connectivity index (χ4n) is 12.3. The number of hydrogen-bond acceptors (Lipinski definition) is 6. The van der Waals surface area contributed by atoms with Crippen molar-refractivity contribution in [1.29, 1.82) is 0 Å². The molecule has 0 spiro atoms. The number of amides is 1. The molecule has 6 rings (SSSR count). The predicted molar refractivity (Wildman–Crippen MR) is 183 cm³/mol. The second kappa shape index (κ2) is 11.6. The first-order valence-corrected chi connectivity index (χ1v) is 18.9. The van der Waals surface area contributed by atoms with E-state index in [-0.39, 0.29) is 57.9 Å². The van der Waals surface area contributed by atoms with Gasteiger partial charge in [-0.1, -0.05) is 48.5 Å². The van der Waals surface area contributed by atoms with Gasteiger partial charge in [0.2, 0.25) is 0 Å². The zero-order valence-electron chi connectivity index (χ0n) is 31.1. The van der Waals surface area contributed by atoms with Gasteiger partial charge in [0.05, 0.1) is 24.0 Å². The lowest BCUT2D eigenvalue weighted by atomic mass is 9.33. The van der Waals surface area contributed by atoms with Crippen molar-refractivity contribution in [2.24, 2.45) is 56.7 Å². The van der Waals surface area contributed by atoms with E-state index in [0.29, 0.717) is 30.8 Å². The molecular weight excluding hydrogens is 606 g/mol. The van der Waals surface area contributed by atoms with Crippen LogP contribution in [0.25, 0.3) is 0 Å². The largest absolute Gasteiger partial charge is 0.481 e. The average molecular weight is 668 g/mol. The zero-order chi connectivity index (χ0) is 35.2. The van der Waals surface area contributed by atoms with Gasteiger partial charge in [-0.05, 0) is 135 Å². The Labute approximate surface area is 287 Å². The van der Waals surface area contributed by atoms with Crippen molar-refractivity contribution in [3.05, 3.63) is 11.1 Å². The highest BCUT2D eigenvalue weighted by Gasteiger charge is 2.70. The molecule has 0 heterocycles. The number of nitrogens with one attached hydrogen (secondary N) is 1. The van der Waals surface area contributed by atoms with Crippen LogP contribution in [0.3, 0.4) is 0 Å².